The molecule has 1 aliphatic carbocycles. The Balaban J connectivity index is 1.40. The molecule has 1 aromatic heterocycles. The SMILES string of the molecule is Cc1nccc(N2CCOC3(CCN(CC4CC4)CC3)C2)n1. The van der Waals surface area contributed by atoms with Crippen molar-refractivity contribution >= 4 is 5.82 Å². The summed E-state index contributed by atoms with van der Waals surface area (Å²) < 4.78 is 6.25. The summed E-state index contributed by atoms with van der Waals surface area (Å²) in [5.74, 6) is 2.88. The molecule has 2 aliphatic heterocycles. The second-order valence-electron chi connectivity index (χ2n) is 7.16. The van der Waals surface area contributed by atoms with E-state index in [1.165, 1.54) is 32.5 Å². The van der Waals surface area contributed by atoms with Crippen LogP contribution in [0.3, 0.4) is 0 Å². The van der Waals surface area contributed by atoms with E-state index in [0.29, 0.717) is 0 Å². The minimum absolute atomic E-state index is 0.0388. The van der Waals surface area contributed by atoms with Crippen LogP contribution in [0.15, 0.2) is 12.3 Å². The maximum absolute atomic E-state index is 6.25. The molecule has 0 atom stereocenters. The van der Waals surface area contributed by atoms with Crippen LogP contribution in [0.4, 0.5) is 5.82 Å². The summed E-state index contributed by atoms with van der Waals surface area (Å²) in [6.45, 7) is 8.36. The number of likely N-dealkylation sites (tertiary alicyclic amines) is 1. The van der Waals surface area contributed by atoms with Crippen molar-refractivity contribution in [2.75, 3.05) is 44.2 Å². The lowest BCUT2D eigenvalue weighted by Gasteiger charge is -2.47. The molecule has 0 amide bonds. The Kier molecular flexibility index (Phi) is 3.78. The van der Waals surface area contributed by atoms with Gasteiger partial charge in [-0.3, -0.25) is 0 Å². The number of piperidine rings is 1. The highest BCUT2D eigenvalue weighted by molar-refractivity contribution is 5.38. The molecule has 3 fully saturated rings. The molecule has 2 saturated heterocycles. The fraction of sp³-hybridized carbons (Fsp3) is 0.765. The van der Waals surface area contributed by atoms with Crippen LogP contribution in [0.1, 0.15) is 31.5 Å². The van der Waals surface area contributed by atoms with Crippen LogP contribution in [0.25, 0.3) is 0 Å². The molecule has 3 heterocycles. The fourth-order valence-electron chi connectivity index (χ4n) is 3.77. The minimum atomic E-state index is 0.0388. The Bertz CT molecular complexity index is 523. The predicted molar refractivity (Wildman–Crippen MR) is 86.1 cm³/mol. The van der Waals surface area contributed by atoms with Gasteiger partial charge in [-0.1, -0.05) is 0 Å². The van der Waals surface area contributed by atoms with Gasteiger partial charge in [-0.05, 0) is 44.6 Å². The van der Waals surface area contributed by atoms with Crippen molar-refractivity contribution in [1.29, 1.82) is 0 Å². The molecular formula is C17H26N4O. The third-order valence-corrected chi connectivity index (χ3v) is 5.31. The van der Waals surface area contributed by atoms with Crippen molar-refractivity contribution < 1.29 is 4.74 Å². The zero-order valence-electron chi connectivity index (χ0n) is 13.5. The summed E-state index contributed by atoms with van der Waals surface area (Å²) in [6, 6.07) is 2.02. The molecule has 0 bridgehead atoms. The van der Waals surface area contributed by atoms with E-state index < -0.39 is 0 Å². The molecule has 22 heavy (non-hydrogen) atoms. The lowest BCUT2D eigenvalue weighted by molar-refractivity contribution is -0.0916. The Hall–Kier alpha value is -1.20. The van der Waals surface area contributed by atoms with Gasteiger partial charge in [-0.15, -0.1) is 0 Å². The molecule has 0 aromatic carbocycles. The van der Waals surface area contributed by atoms with Crippen molar-refractivity contribution in [3.63, 3.8) is 0 Å². The summed E-state index contributed by atoms with van der Waals surface area (Å²) in [6.07, 6.45) is 7.05. The highest BCUT2D eigenvalue weighted by atomic mass is 16.5. The summed E-state index contributed by atoms with van der Waals surface area (Å²) in [7, 11) is 0. The highest BCUT2D eigenvalue weighted by Gasteiger charge is 2.40. The van der Waals surface area contributed by atoms with Crippen LogP contribution in [0.2, 0.25) is 0 Å². The number of ether oxygens (including phenoxy) is 1. The van der Waals surface area contributed by atoms with E-state index in [2.05, 4.69) is 19.8 Å². The summed E-state index contributed by atoms with van der Waals surface area (Å²) in [5, 5.41) is 0. The number of rotatable bonds is 3. The van der Waals surface area contributed by atoms with Crippen molar-refractivity contribution in [3.05, 3.63) is 18.1 Å². The topological polar surface area (TPSA) is 41.5 Å². The molecule has 1 aromatic rings. The Morgan fingerprint density at radius 2 is 2.09 bits per heavy atom. The van der Waals surface area contributed by atoms with Crippen LogP contribution < -0.4 is 4.90 Å². The second kappa shape index (κ2) is 5.78. The van der Waals surface area contributed by atoms with Crippen molar-refractivity contribution in [1.82, 2.24) is 14.9 Å². The van der Waals surface area contributed by atoms with Gasteiger partial charge in [0.05, 0.1) is 12.2 Å². The predicted octanol–water partition coefficient (Wildman–Crippen LogP) is 1.87. The van der Waals surface area contributed by atoms with Gasteiger partial charge in [0.15, 0.2) is 0 Å². The summed E-state index contributed by atoms with van der Waals surface area (Å²) in [4.78, 5) is 13.8. The maximum atomic E-state index is 6.25. The fourth-order valence-corrected chi connectivity index (χ4v) is 3.77. The smallest absolute Gasteiger partial charge is 0.132 e. The van der Waals surface area contributed by atoms with Gasteiger partial charge in [-0.2, -0.15) is 0 Å². The minimum Gasteiger partial charge on any atom is -0.371 e. The van der Waals surface area contributed by atoms with Gasteiger partial charge in [0, 0.05) is 38.9 Å². The van der Waals surface area contributed by atoms with Crippen LogP contribution in [0.5, 0.6) is 0 Å². The average molecular weight is 302 g/mol. The molecule has 120 valence electrons. The molecule has 3 aliphatic rings. The molecule has 0 unspecified atom stereocenters. The van der Waals surface area contributed by atoms with Crippen molar-refractivity contribution in [2.24, 2.45) is 5.92 Å². The number of morpholine rings is 1. The molecule has 5 nitrogen and oxygen atoms in total. The van der Waals surface area contributed by atoms with Gasteiger partial charge in [0.1, 0.15) is 11.6 Å². The van der Waals surface area contributed by atoms with Crippen LogP contribution in [0, 0.1) is 12.8 Å². The highest BCUT2D eigenvalue weighted by Crippen LogP contribution is 2.35. The first kappa shape index (κ1) is 14.4. The normalized spacial score (nSPS) is 25.6. The first-order chi connectivity index (χ1) is 10.7. The zero-order valence-corrected chi connectivity index (χ0v) is 13.5. The van der Waals surface area contributed by atoms with E-state index in [9.17, 15) is 0 Å². The molecule has 4 rings (SSSR count). The quantitative estimate of drug-likeness (QED) is 0.852. The molecule has 5 heteroatoms. The lowest BCUT2D eigenvalue weighted by atomic mass is 9.89. The average Bonchev–Trinajstić information content (AvgIpc) is 3.34. The third kappa shape index (κ3) is 3.10. The van der Waals surface area contributed by atoms with Crippen LogP contribution in [-0.4, -0.2) is 59.8 Å². The standard InChI is InChI=1S/C17H26N4O/c1-14-18-7-4-16(19-14)21-10-11-22-17(13-21)5-8-20(9-6-17)12-15-2-3-15/h4,7,15H,2-3,5-6,8-13H2,1H3. The molecule has 0 N–H and O–H groups in total. The van der Waals surface area contributed by atoms with Crippen LogP contribution in [-0.2, 0) is 4.74 Å². The maximum Gasteiger partial charge on any atom is 0.132 e. The Morgan fingerprint density at radius 1 is 1.27 bits per heavy atom. The Labute approximate surface area is 132 Å². The summed E-state index contributed by atoms with van der Waals surface area (Å²) in [5.41, 5.74) is 0.0388. The molecule has 0 radical (unpaired) electrons. The molecule has 1 spiro atoms. The number of aromatic nitrogens is 2. The lowest BCUT2D eigenvalue weighted by Crippen LogP contribution is -2.57. The van der Waals surface area contributed by atoms with Crippen molar-refractivity contribution in [2.45, 2.75) is 38.2 Å². The monoisotopic (exact) mass is 302 g/mol. The number of anilines is 1. The Morgan fingerprint density at radius 3 is 2.82 bits per heavy atom. The first-order valence-electron chi connectivity index (χ1n) is 8.63. The summed E-state index contributed by atoms with van der Waals surface area (Å²) >= 11 is 0. The van der Waals surface area contributed by atoms with Gasteiger partial charge < -0.3 is 14.5 Å². The number of hydrogen-bond donors (Lipinski definition) is 0. The van der Waals surface area contributed by atoms with E-state index in [1.807, 2.05) is 19.2 Å². The first-order valence-corrected chi connectivity index (χ1v) is 8.63. The van der Waals surface area contributed by atoms with E-state index >= 15 is 0 Å². The van der Waals surface area contributed by atoms with E-state index in [1.54, 1.807) is 0 Å². The van der Waals surface area contributed by atoms with E-state index in [-0.39, 0.29) is 5.60 Å². The zero-order chi connectivity index (χ0) is 15.0. The largest absolute Gasteiger partial charge is 0.371 e. The van der Waals surface area contributed by atoms with Gasteiger partial charge >= 0.3 is 0 Å². The van der Waals surface area contributed by atoms with Gasteiger partial charge in [0.2, 0.25) is 0 Å². The van der Waals surface area contributed by atoms with Crippen molar-refractivity contribution in [3.8, 4) is 0 Å². The molecule has 1 saturated carbocycles. The van der Waals surface area contributed by atoms with E-state index in [0.717, 1.165) is 50.1 Å². The van der Waals surface area contributed by atoms with E-state index in [4.69, 9.17) is 4.74 Å². The van der Waals surface area contributed by atoms with Gasteiger partial charge in [-0.25, -0.2) is 9.97 Å². The number of aryl methyl sites for hydroxylation is 1. The molecular weight excluding hydrogens is 276 g/mol. The third-order valence-electron chi connectivity index (χ3n) is 5.31. The number of nitrogens with zero attached hydrogens (tertiary/aromatic N) is 4. The number of hydrogen-bond acceptors (Lipinski definition) is 5. The second-order valence-corrected chi connectivity index (χ2v) is 7.16. The van der Waals surface area contributed by atoms with Crippen LogP contribution >= 0.6 is 0 Å². The van der Waals surface area contributed by atoms with Gasteiger partial charge in [0.25, 0.3) is 0 Å².